The lowest BCUT2D eigenvalue weighted by atomic mass is 10.2. The van der Waals surface area contributed by atoms with E-state index >= 15 is 0 Å². The largest absolute Gasteiger partial charge is 0.462 e. The highest BCUT2D eigenvalue weighted by Gasteiger charge is 2.20. The Balaban J connectivity index is 2.32. The predicted molar refractivity (Wildman–Crippen MR) is 85.2 cm³/mol. The molecule has 4 nitrogen and oxygen atoms in total. The molecule has 0 aliphatic heterocycles. The number of carbonyl (C=O) groups excluding carboxylic acids is 1. The minimum Gasteiger partial charge on any atom is -0.462 e. The zero-order chi connectivity index (χ0) is 14.7. The average Bonchev–Trinajstić information content (AvgIpc) is 2.74. The smallest absolute Gasteiger partial charge is 0.343 e. The van der Waals surface area contributed by atoms with Crippen LogP contribution in [0, 0.1) is 16.3 Å². The lowest BCUT2D eigenvalue weighted by Gasteiger charge is -2.08. The molecule has 0 unspecified atom stereocenters. The van der Waals surface area contributed by atoms with Crippen molar-refractivity contribution in [3.63, 3.8) is 0 Å². The third-order valence-electron chi connectivity index (χ3n) is 2.52. The van der Waals surface area contributed by atoms with Crippen LogP contribution in [0.4, 0.5) is 15.1 Å². The molecule has 0 bridgehead atoms. The van der Waals surface area contributed by atoms with Crippen LogP contribution in [0.25, 0.3) is 0 Å². The normalized spacial score (nSPS) is 10.4. The second kappa shape index (κ2) is 6.49. The van der Waals surface area contributed by atoms with Gasteiger partial charge in [-0.1, -0.05) is 0 Å². The molecule has 106 valence electrons. The number of carbonyl (C=O) groups is 1. The summed E-state index contributed by atoms with van der Waals surface area (Å²) in [5.74, 6) is -0.704. The van der Waals surface area contributed by atoms with Crippen LogP contribution < -0.4 is 5.32 Å². The molecule has 0 radical (unpaired) electrons. The van der Waals surface area contributed by atoms with E-state index in [1.54, 1.807) is 19.9 Å². The van der Waals surface area contributed by atoms with E-state index in [9.17, 15) is 9.18 Å². The van der Waals surface area contributed by atoms with Crippen molar-refractivity contribution in [1.29, 1.82) is 0 Å². The highest BCUT2D eigenvalue weighted by Crippen LogP contribution is 2.30. The van der Waals surface area contributed by atoms with E-state index in [2.05, 4.69) is 9.69 Å². The van der Waals surface area contributed by atoms with Gasteiger partial charge in [0.05, 0.1) is 18.0 Å². The molecule has 1 aromatic carbocycles. The van der Waals surface area contributed by atoms with Gasteiger partial charge in [0, 0.05) is 3.57 Å². The van der Waals surface area contributed by atoms with Crippen LogP contribution in [0.15, 0.2) is 18.2 Å². The second-order valence-electron chi connectivity index (χ2n) is 3.94. The third kappa shape index (κ3) is 3.26. The van der Waals surface area contributed by atoms with Crippen molar-refractivity contribution in [2.45, 2.75) is 13.8 Å². The average molecular weight is 406 g/mol. The number of aryl methyl sites for hydroxylation is 1. The lowest BCUT2D eigenvalue weighted by Crippen LogP contribution is -2.07. The van der Waals surface area contributed by atoms with Gasteiger partial charge in [-0.2, -0.15) is 4.37 Å². The maximum Gasteiger partial charge on any atom is 0.343 e. The van der Waals surface area contributed by atoms with Gasteiger partial charge in [-0.3, -0.25) is 0 Å². The first-order chi connectivity index (χ1) is 9.52. The fourth-order valence-corrected chi connectivity index (χ4v) is 3.02. The summed E-state index contributed by atoms with van der Waals surface area (Å²) in [7, 11) is 0. The van der Waals surface area contributed by atoms with E-state index in [1.165, 1.54) is 23.7 Å². The summed E-state index contributed by atoms with van der Waals surface area (Å²) in [5.41, 5.74) is 1.77. The van der Waals surface area contributed by atoms with Crippen molar-refractivity contribution in [3.05, 3.63) is 38.8 Å². The number of nitrogens with zero attached hydrogens (tertiary/aromatic N) is 1. The molecule has 0 spiro atoms. The van der Waals surface area contributed by atoms with Crippen molar-refractivity contribution >= 4 is 50.8 Å². The van der Waals surface area contributed by atoms with Gasteiger partial charge in [0.2, 0.25) is 0 Å². The van der Waals surface area contributed by atoms with E-state index in [4.69, 9.17) is 4.74 Å². The maximum absolute atomic E-state index is 13.1. The van der Waals surface area contributed by atoms with Gasteiger partial charge < -0.3 is 10.1 Å². The molecule has 2 aromatic rings. The molecule has 7 heteroatoms. The first-order valence-corrected chi connectivity index (χ1v) is 7.73. The van der Waals surface area contributed by atoms with Crippen molar-refractivity contribution < 1.29 is 13.9 Å². The molecule has 20 heavy (non-hydrogen) atoms. The predicted octanol–water partition coefficient (Wildman–Crippen LogP) is 4.12. The Morgan fingerprint density at radius 1 is 1.55 bits per heavy atom. The molecule has 2 rings (SSSR count). The molecular weight excluding hydrogens is 394 g/mol. The lowest BCUT2D eigenvalue weighted by molar-refractivity contribution is 0.0527. The number of aromatic nitrogens is 1. The maximum atomic E-state index is 13.1. The summed E-state index contributed by atoms with van der Waals surface area (Å²) in [4.78, 5) is 11.9. The molecule has 1 aromatic heterocycles. The molecule has 0 saturated carbocycles. The van der Waals surface area contributed by atoms with E-state index < -0.39 is 5.97 Å². The fourth-order valence-electron chi connectivity index (χ4n) is 1.61. The Bertz CT molecular complexity index is 645. The molecule has 1 heterocycles. The molecule has 0 atom stereocenters. The summed E-state index contributed by atoms with van der Waals surface area (Å²) in [6.45, 7) is 3.81. The Kier molecular flexibility index (Phi) is 4.92. The number of hydrogen-bond acceptors (Lipinski definition) is 5. The summed E-state index contributed by atoms with van der Waals surface area (Å²) in [6.07, 6.45) is 0. The molecule has 0 saturated heterocycles. The molecule has 0 amide bonds. The Labute approximate surface area is 133 Å². The van der Waals surface area contributed by atoms with Crippen molar-refractivity contribution in [2.75, 3.05) is 11.9 Å². The number of nitrogens with one attached hydrogen (secondary N) is 1. The standard InChI is InChI=1S/C13H12FIN2O2S/c1-3-19-13(18)11-7(2)17-20-12(11)16-10-5-4-8(14)6-9(10)15/h4-6,16H,3H2,1-2H3. The van der Waals surface area contributed by atoms with E-state index in [0.717, 1.165) is 9.26 Å². The Morgan fingerprint density at radius 3 is 2.95 bits per heavy atom. The van der Waals surface area contributed by atoms with Gasteiger partial charge in [-0.05, 0) is 66.2 Å². The molecular formula is C13H12FIN2O2S. The third-order valence-corrected chi connectivity index (χ3v) is 4.27. The first-order valence-electron chi connectivity index (χ1n) is 5.88. The minimum absolute atomic E-state index is 0.300. The molecule has 0 aliphatic rings. The number of anilines is 2. The van der Waals surface area contributed by atoms with Crippen LogP contribution in [-0.2, 0) is 4.74 Å². The summed E-state index contributed by atoms with van der Waals surface area (Å²) in [6, 6.07) is 4.41. The van der Waals surface area contributed by atoms with E-state index in [0.29, 0.717) is 22.9 Å². The number of benzene rings is 1. The minimum atomic E-state index is -0.404. The van der Waals surface area contributed by atoms with Crippen LogP contribution in [0.5, 0.6) is 0 Å². The van der Waals surface area contributed by atoms with Gasteiger partial charge in [0.25, 0.3) is 0 Å². The first kappa shape index (κ1) is 15.2. The second-order valence-corrected chi connectivity index (χ2v) is 5.88. The number of ether oxygens (including phenoxy) is 1. The van der Waals surface area contributed by atoms with Crippen molar-refractivity contribution in [3.8, 4) is 0 Å². The molecule has 0 fully saturated rings. The van der Waals surface area contributed by atoms with Crippen molar-refractivity contribution in [2.24, 2.45) is 0 Å². The topological polar surface area (TPSA) is 51.2 Å². The quantitative estimate of drug-likeness (QED) is 0.613. The zero-order valence-corrected chi connectivity index (χ0v) is 13.8. The Morgan fingerprint density at radius 2 is 2.30 bits per heavy atom. The number of rotatable bonds is 4. The van der Waals surface area contributed by atoms with Crippen LogP contribution >= 0.6 is 34.1 Å². The SMILES string of the molecule is CCOC(=O)c1c(C)nsc1Nc1ccc(F)cc1I. The summed E-state index contributed by atoms with van der Waals surface area (Å²) >= 11 is 3.21. The number of hydrogen-bond donors (Lipinski definition) is 1. The van der Waals surface area contributed by atoms with Crippen LogP contribution in [0.3, 0.4) is 0 Å². The number of halogens is 2. The van der Waals surface area contributed by atoms with Crippen molar-refractivity contribution in [1.82, 2.24) is 4.37 Å². The summed E-state index contributed by atoms with van der Waals surface area (Å²) < 4.78 is 23.0. The fraction of sp³-hybridized carbons (Fsp3) is 0.231. The van der Waals surface area contributed by atoms with Gasteiger partial charge in [-0.15, -0.1) is 0 Å². The van der Waals surface area contributed by atoms with Crippen LogP contribution in [-0.4, -0.2) is 16.9 Å². The molecule has 0 aliphatic carbocycles. The van der Waals surface area contributed by atoms with Gasteiger partial charge in [0.15, 0.2) is 0 Å². The van der Waals surface area contributed by atoms with Gasteiger partial charge in [0.1, 0.15) is 16.4 Å². The van der Waals surface area contributed by atoms with Gasteiger partial charge >= 0.3 is 5.97 Å². The van der Waals surface area contributed by atoms with Crippen LogP contribution in [0.1, 0.15) is 23.0 Å². The van der Waals surface area contributed by atoms with E-state index in [1.807, 2.05) is 22.6 Å². The monoisotopic (exact) mass is 406 g/mol. The molecule has 1 N–H and O–H groups in total. The number of esters is 1. The highest BCUT2D eigenvalue weighted by molar-refractivity contribution is 14.1. The van der Waals surface area contributed by atoms with Gasteiger partial charge in [-0.25, -0.2) is 9.18 Å². The van der Waals surface area contributed by atoms with Crippen LogP contribution in [0.2, 0.25) is 0 Å². The highest BCUT2D eigenvalue weighted by atomic mass is 127. The Hall–Kier alpha value is -1.22. The van der Waals surface area contributed by atoms with E-state index in [-0.39, 0.29) is 5.82 Å². The summed E-state index contributed by atoms with van der Waals surface area (Å²) in [5, 5.41) is 3.71. The zero-order valence-electron chi connectivity index (χ0n) is 10.9.